The summed E-state index contributed by atoms with van der Waals surface area (Å²) in [7, 11) is -0.842. The molecule has 30 heavy (non-hydrogen) atoms. The summed E-state index contributed by atoms with van der Waals surface area (Å²) in [6.45, 7) is 6.33. The van der Waals surface area contributed by atoms with Crippen LogP contribution in [0.15, 0.2) is 30.3 Å². The Kier molecular flexibility index (Phi) is 13.4. The van der Waals surface area contributed by atoms with Gasteiger partial charge in [-0.05, 0) is 6.42 Å². The number of nitrogens with zero attached hydrogens (tertiary/aromatic N) is 2. The van der Waals surface area contributed by atoms with Crippen LogP contribution in [-0.2, 0) is 16.6 Å². The monoisotopic (exact) mass is 502 g/mol. The molecule has 1 saturated heterocycles. The summed E-state index contributed by atoms with van der Waals surface area (Å²) in [5.41, 5.74) is 1.33. The average Bonchev–Trinajstić information content (AvgIpc) is 2.70. The summed E-state index contributed by atoms with van der Waals surface area (Å²) in [5.74, 6) is 0.325. The largest absolute Gasteiger partial charge is 1.00 e. The third kappa shape index (κ3) is 10.3. The Morgan fingerprint density at radius 2 is 1.33 bits per heavy atom. The van der Waals surface area contributed by atoms with Crippen LogP contribution in [0.4, 0.5) is 0 Å². The molecule has 1 aliphatic rings. The van der Waals surface area contributed by atoms with Gasteiger partial charge >= 0.3 is 0 Å². The van der Waals surface area contributed by atoms with E-state index in [0.717, 1.165) is 37.0 Å². The van der Waals surface area contributed by atoms with E-state index in [0.29, 0.717) is 18.8 Å². The Labute approximate surface area is 196 Å². The molecule has 0 saturated carbocycles. The highest BCUT2D eigenvalue weighted by Crippen LogP contribution is 2.19. The van der Waals surface area contributed by atoms with E-state index in [1.807, 2.05) is 6.07 Å². The molecule has 6 heteroatoms. The van der Waals surface area contributed by atoms with E-state index in [4.69, 9.17) is 0 Å². The van der Waals surface area contributed by atoms with Crippen LogP contribution in [-0.4, -0.2) is 56.2 Å². The molecule has 0 aromatic heterocycles. The van der Waals surface area contributed by atoms with Crippen LogP contribution in [0.1, 0.15) is 76.7 Å². The smallest absolute Gasteiger partial charge is 0.214 e. The zero-order chi connectivity index (χ0) is 21.0. The number of benzene rings is 1. The van der Waals surface area contributed by atoms with Gasteiger partial charge in [0.2, 0.25) is 10.0 Å². The zero-order valence-corrected chi connectivity index (χ0v) is 21.6. The molecule has 0 aliphatic carbocycles. The van der Waals surface area contributed by atoms with Crippen molar-refractivity contribution >= 4 is 10.0 Å². The van der Waals surface area contributed by atoms with Crippen molar-refractivity contribution in [3.63, 3.8) is 0 Å². The van der Waals surface area contributed by atoms with Gasteiger partial charge in [0.05, 0.1) is 39.0 Å². The molecular formula is C24H43BrN2O2S. The SMILES string of the molecule is CCCCCCCCCCCCS(=O)(=O)N1CC[N+](C)(Cc2ccccc2)CC1.[Br-]. The maximum absolute atomic E-state index is 12.7. The van der Waals surface area contributed by atoms with Gasteiger partial charge in [0.1, 0.15) is 6.54 Å². The Morgan fingerprint density at radius 1 is 0.833 bits per heavy atom. The van der Waals surface area contributed by atoms with Crippen molar-refractivity contribution in [1.82, 2.24) is 4.31 Å². The summed E-state index contributed by atoms with van der Waals surface area (Å²) in [4.78, 5) is 0. The fourth-order valence-electron chi connectivity index (χ4n) is 4.29. The minimum Gasteiger partial charge on any atom is -1.00 e. The van der Waals surface area contributed by atoms with Gasteiger partial charge in [0.25, 0.3) is 0 Å². The lowest BCUT2D eigenvalue weighted by Crippen LogP contribution is -3.00. The van der Waals surface area contributed by atoms with E-state index in [1.54, 1.807) is 4.31 Å². The van der Waals surface area contributed by atoms with Gasteiger partial charge < -0.3 is 21.5 Å². The summed E-state index contributed by atoms with van der Waals surface area (Å²) in [6.07, 6.45) is 12.3. The zero-order valence-electron chi connectivity index (χ0n) is 19.2. The first-order valence-corrected chi connectivity index (χ1v) is 13.4. The van der Waals surface area contributed by atoms with E-state index in [-0.39, 0.29) is 17.0 Å². The molecule has 1 fully saturated rings. The Balaban J connectivity index is 0.00000450. The Morgan fingerprint density at radius 3 is 1.87 bits per heavy atom. The molecule has 4 nitrogen and oxygen atoms in total. The van der Waals surface area contributed by atoms with Crippen LogP contribution < -0.4 is 17.0 Å². The van der Waals surface area contributed by atoms with Crippen LogP contribution in [0.2, 0.25) is 0 Å². The second-order valence-electron chi connectivity index (χ2n) is 9.11. The molecular weight excluding hydrogens is 460 g/mol. The first-order valence-electron chi connectivity index (χ1n) is 11.8. The number of likely N-dealkylation sites (N-methyl/N-ethyl adjacent to an activating group) is 1. The minimum atomic E-state index is -3.09. The molecule has 1 aromatic carbocycles. The number of quaternary nitrogens is 1. The summed E-state index contributed by atoms with van der Waals surface area (Å²) in [5, 5.41) is 0. The number of piperazine rings is 1. The van der Waals surface area contributed by atoms with Gasteiger partial charge in [-0.3, -0.25) is 0 Å². The second-order valence-corrected chi connectivity index (χ2v) is 11.2. The van der Waals surface area contributed by atoms with Crippen molar-refractivity contribution in [3.05, 3.63) is 35.9 Å². The van der Waals surface area contributed by atoms with Gasteiger partial charge in [-0.2, -0.15) is 4.31 Å². The van der Waals surface area contributed by atoms with Gasteiger partial charge in [0, 0.05) is 5.56 Å². The highest BCUT2D eigenvalue weighted by Gasteiger charge is 2.34. The van der Waals surface area contributed by atoms with Gasteiger partial charge in [-0.1, -0.05) is 95.0 Å². The lowest BCUT2D eigenvalue weighted by Gasteiger charge is -2.41. The summed E-state index contributed by atoms with van der Waals surface area (Å²) >= 11 is 0. The number of hydrogen-bond acceptors (Lipinski definition) is 2. The molecule has 0 N–H and O–H groups in total. The van der Waals surface area contributed by atoms with Gasteiger partial charge in [-0.15, -0.1) is 0 Å². The van der Waals surface area contributed by atoms with Crippen LogP contribution >= 0.6 is 0 Å². The predicted octanol–water partition coefficient (Wildman–Crippen LogP) is 2.20. The average molecular weight is 504 g/mol. The molecule has 0 atom stereocenters. The number of rotatable bonds is 14. The molecule has 0 spiro atoms. The Hall–Kier alpha value is -0.430. The molecule has 0 unspecified atom stereocenters. The highest BCUT2D eigenvalue weighted by atomic mass is 79.9. The minimum absolute atomic E-state index is 0. The molecule has 174 valence electrons. The quantitative estimate of drug-likeness (QED) is 0.289. The maximum Gasteiger partial charge on any atom is 0.214 e. The lowest BCUT2D eigenvalue weighted by atomic mass is 10.1. The number of hydrogen-bond donors (Lipinski definition) is 0. The molecule has 0 amide bonds. The number of halogens is 1. The standard InChI is InChI=1S/C24H43N2O2S.BrH/c1-3-4-5-6-7-8-9-10-11-15-22-29(27,28)25-18-20-26(2,21-19-25)23-24-16-13-12-14-17-24;/h12-14,16-17H,3-11,15,18-23H2,1-2H3;1H/q+1;/p-1. The topological polar surface area (TPSA) is 37.4 Å². The summed E-state index contributed by atoms with van der Waals surface area (Å²) < 4.78 is 28.1. The normalized spacial score (nSPS) is 16.9. The van der Waals surface area contributed by atoms with Crippen molar-refractivity contribution in [1.29, 1.82) is 0 Å². The first kappa shape index (κ1) is 27.6. The molecule has 0 bridgehead atoms. The molecule has 2 rings (SSSR count). The lowest BCUT2D eigenvalue weighted by molar-refractivity contribution is -0.925. The van der Waals surface area contributed by atoms with E-state index in [2.05, 4.69) is 38.2 Å². The molecule has 1 aliphatic heterocycles. The van der Waals surface area contributed by atoms with Crippen LogP contribution in [0, 0.1) is 0 Å². The molecule has 1 aromatic rings. The highest BCUT2D eigenvalue weighted by molar-refractivity contribution is 7.89. The van der Waals surface area contributed by atoms with Crippen LogP contribution in [0.25, 0.3) is 0 Å². The van der Waals surface area contributed by atoms with Crippen LogP contribution in [0.3, 0.4) is 0 Å². The van der Waals surface area contributed by atoms with E-state index < -0.39 is 10.0 Å². The van der Waals surface area contributed by atoms with E-state index in [1.165, 1.54) is 56.9 Å². The van der Waals surface area contributed by atoms with Crippen molar-refractivity contribution in [2.45, 2.75) is 77.7 Å². The van der Waals surface area contributed by atoms with Gasteiger partial charge in [0.15, 0.2) is 0 Å². The van der Waals surface area contributed by atoms with Gasteiger partial charge in [-0.25, -0.2) is 8.42 Å². The van der Waals surface area contributed by atoms with E-state index in [9.17, 15) is 8.42 Å². The van der Waals surface area contributed by atoms with Crippen molar-refractivity contribution in [2.24, 2.45) is 0 Å². The van der Waals surface area contributed by atoms with Crippen molar-refractivity contribution in [2.75, 3.05) is 39.0 Å². The fourth-order valence-corrected chi connectivity index (χ4v) is 5.84. The van der Waals surface area contributed by atoms with Crippen molar-refractivity contribution < 1.29 is 29.9 Å². The summed E-state index contributed by atoms with van der Waals surface area (Å²) in [6, 6.07) is 10.5. The first-order chi connectivity index (χ1) is 14.0. The van der Waals surface area contributed by atoms with Crippen LogP contribution in [0.5, 0.6) is 0 Å². The fraction of sp³-hybridized carbons (Fsp3) is 0.750. The maximum atomic E-state index is 12.7. The Bertz CT molecular complexity index is 659. The molecule has 0 radical (unpaired) electrons. The third-order valence-corrected chi connectivity index (χ3v) is 8.29. The number of sulfonamides is 1. The van der Waals surface area contributed by atoms with E-state index >= 15 is 0 Å². The third-order valence-electron chi connectivity index (χ3n) is 6.33. The second kappa shape index (κ2) is 14.6. The molecule has 1 heterocycles. The number of unbranched alkanes of at least 4 members (excludes halogenated alkanes) is 9. The predicted molar refractivity (Wildman–Crippen MR) is 123 cm³/mol. The van der Waals surface area contributed by atoms with Crippen molar-refractivity contribution in [3.8, 4) is 0 Å².